The van der Waals surface area contributed by atoms with Gasteiger partial charge in [-0.05, 0) is 128 Å². The van der Waals surface area contributed by atoms with Gasteiger partial charge in [0.2, 0.25) is 0 Å². The Labute approximate surface area is 443 Å². The number of hydrogen-bond donors (Lipinski definition) is 0. The van der Waals surface area contributed by atoms with Gasteiger partial charge in [0, 0.05) is 19.3 Å². The van der Waals surface area contributed by atoms with E-state index in [2.05, 4.69) is 154 Å². The zero-order valence-corrected chi connectivity index (χ0v) is 46.4. The Kier molecular flexibility index (Phi) is 55.5. The maximum absolute atomic E-state index is 12.9. The van der Waals surface area contributed by atoms with Crippen LogP contribution in [0.25, 0.3) is 0 Å². The lowest BCUT2D eigenvalue weighted by Gasteiger charge is -2.18. The summed E-state index contributed by atoms with van der Waals surface area (Å²) in [6.07, 6.45) is 82.9. The molecule has 0 aliphatic heterocycles. The van der Waals surface area contributed by atoms with Crippen molar-refractivity contribution < 1.29 is 28.6 Å². The van der Waals surface area contributed by atoms with Crippen LogP contribution in [0.4, 0.5) is 0 Å². The Hall–Kier alpha value is -4.45. The van der Waals surface area contributed by atoms with Gasteiger partial charge in [-0.3, -0.25) is 14.4 Å². The fraction of sp³-hybridized carbons (Fsp3) is 0.621. The fourth-order valence-electron chi connectivity index (χ4n) is 7.57. The maximum Gasteiger partial charge on any atom is 0.306 e. The summed E-state index contributed by atoms with van der Waals surface area (Å²) in [6.45, 7) is 6.32. The van der Waals surface area contributed by atoms with E-state index in [9.17, 15) is 14.4 Å². The summed E-state index contributed by atoms with van der Waals surface area (Å²) in [5, 5.41) is 0. The number of unbranched alkanes of at least 4 members (excludes halogenated alkanes) is 19. The van der Waals surface area contributed by atoms with Crippen LogP contribution in [-0.2, 0) is 28.6 Å². The predicted molar refractivity (Wildman–Crippen MR) is 311 cm³/mol. The van der Waals surface area contributed by atoms with E-state index in [4.69, 9.17) is 14.2 Å². The Morgan fingerprint density at radius 2 is 0.583 bits per heavy atom. The maximum atomic E-state index is 12.9. The van der Waals surface area contributed by atoms with Crippen molar-refractivity contribution in [3.8, 4) is 0 Å². The Balaban J connectivity index is 4.52. The second-order valence-corrected chi connectivity index (χ2v) is 18.8. The predicted octanol–water partition coefficient (Wildman–Crippen LogP) is 19.8. The standard InChI is InChI=1S/C66H106O6/c1-4-7-10-13-16-19-22-25-28-31-33-35-38-41-44-47-50-53-56-59-65(68)71-62-63(61-70-64(67)58-55-52-49-46-43-40-37-30-27-24-21-18-15-12-9-6-3)72-66(69)60-57-54-51-48-45-42-39-36-34-32-29-26-23-20-17-14-11-8-5-2/h7,9-10,12,16-21,23,25-28,30,33,35,40-41,43-44,63H,4-6,8,11,13-15,22,24,29,31-32,34,36-39,42,45-62H2,1-3H3/b10-7-,12-9-,19-16-,20-17-,21-18-,26-23-,28-25-,30-27-,35-33-,43-40-,44-41-. The topological polar surface area (TPSA) is 78.9 Å². The molecule has 6 nitrogen and oxygen atoms in total. The third kappa shape index (κ3) is 56.5. The van der Waals surface area contributed by atoms with Crippen LogP contribution in [0.15, 0.2) is 134 Å². The van der Waals surface area contributed by atoms with Crippen molar-refractivity contribution in [2.45, 2.75) is 252 Å². The summed E-state index contributed by atoms with van der Waals surface area (Å²) in [7, 11) is 0. The van der Waals surface area contributed by atoms with E-state index >= 15 is 0 Å². The highest BCUT2D eigenvalue weighted by molar-refractivity contribution is 5.71. The van der Waals surface area contributed by atoms with E-state index in [1.165, 1.54) is 77.0 Å². The second kappa shape index (κ2) is 59.1. The van der Waals surface area contributed by atoms with E-state index < -0.39 is 6.10 Å². The molecule has 406 valence electrons. The molecule has 0 amide bonds. The first-order valence-electron chi connectivity index (χ1n) is 29.2. The lowest BCUT2D eigenvalue weighted by atomic mass is 10.1. The minimum Gasteiger partial charge on any atom is -0.462 e. The summed E-state index contributed by atoms with van der Waals surface area (Å²) in [6, 6.07) is 0. The SMILES string of the molecule is CC/C=C\C/C=C\C/C=C\C/C=C\C/C=C\CCCCCC(=O)OCC(COC(=O)CCCCC/C=C\C/C=C\C/C=C\C/C=C\CC)OC(=O)CCCCCCCCCCCC/C=C\C=C/CCCCC. The van der Waals surface area contributed by atoms with Crippen LogP contribution in [0.3, 0.4) is 0 Å². The zero-order chi connectivity index (χ0) is 52.2. The van der Waals surface area contributed by atoms with Crippen molar-refractivity contribution in [3.63, 3.8) is 0 Å². The van der Waals surface area contributed by atoms with Gasteiger partial charge in [-0.2, -0.15) is 0 Å². The smallest absolute Gasteiger partial charge is 0.306 e. The molecule has 0 aromatic heterocycles. The first-order valence-corrected chi connectivity index (χ1v) is 29.2. The van der Waals surface area contributed by atoms with Crippen molar-refractivity contribution in [1.29, 1.82) is 0 Å². The zero-order valence-electron chi connectivity index (χ0n) is 46.4. The summed E-state index contributed by atoms with van der Waals surface area (Å²) in [5.41, 5.74) is 0. The molecule has 1 unspecified atom stereocenters. The number of allylic oxidation sites excluding steroid dienone is 22. The molecule has 1 atom stereocenters. The molecule has 0 saturated heterocycles. The summed E-state index contributed by atoms with van der Waals surface area (Å²) >= 11 is 0. The van der Waals surface area contributed by atoms with Crippen molar-refractivity contribution in [3.05, 3.63) is 134 Å². The van der Waals surface area contributed by atoms with Gasteiger partial charge in [0.25, 0.3) is 0 Å². The van der Waals surface area contributed by atoms with Crippen LogP contribution in [0.5, 0.6) is 0 Å². The second-order valence-electron chi connectivity index (χ2n) is 18.8. The molecule has 0 heterocycles. The summed E-state index contributed by atoms with van der Waals surface area (Å²) < 4.78 is 16.8. The minimum atomic E-state index is -0.813. The minimum absolute atomic E-state index is 0.111. The molecule has 6 heteroatoms. The molecule has 0 fully saturated rings. The van der Waals surface area contributed by atoms with Gasteiger partial charge in [-0.15, -0.1) is 0 Å². The van der Waals surface area contributed by atoms with Gasteiger partial charge in [0.05, 0.1) is 0 Å². The number of esters is 3. The van der Waals surface area contributed by atoms with Crippen LogP contribution in [-0.4, -0.2) is 37.2 Å². The van der Waals surface area contributed by atoms with Gasteiger partial charge in [-0.1, -0.05) is 231 Å². The largest absolute Gasteiger partial charge is 0.462 e. The van der Waals surface area contributed by atoms with E-state index in [1.54, 1.807) is 0 Å². The van der Waals surface area contributed by atoms with Gasteiger partial charge in [-0.25, -0.2) is 0 Å². The molecule has 0 spiro atoms. The van der Waals surface area contributed by atoms with Gasteiger partial charge >= 0.3 is 17.9 Å². The third-order valence-corrected chi connectivity index (χ3v) is 11.9. The number of rotatable bonds is 51. The summed E-state index contributed by atoms with van der Waals surface area (Å²) in [5.74, 6) is -0.977. The van der Waals surface area contributed by atoms with E-state index in [0.29, 0.717) is 19.3 Å². The Bertz CT molecular complexity index is 1560. The lowest BCUT2D eigenvalue weighted by Crippen LogP contribution is -2.30. The van der Waals surface area contributed by atoms with Crippen molar-refractivity contribution in [2.24, 2.45) is 0 Å². The van der Waals surface area contributed by atoms with Crippen molar-refractivity contribution in [1.82, 2.24) is 0 Å². The lowest BCUT2D eigenvalue weighted by molar-refractivity contribution is -0.167. The van der Waals surface area contributed by atoms with Gasteiger partial charge in [0.15, 0.2) is 6.10 Å². The fourth-order valence-corrected chi connectivity index (χ4v) is 7.57. The van der Waals surface area contributed by atoms with Crippen LogP contribution in [0.1, 0.15) is 245 Å². The normalized spacial score (nSPS) is 13.1. The van der Waals surface area contributed by atoms with E-state index in [-0.39, 0.29) is 31.1 Å². The molecule has 0 aromatic carbocycles. The van der Waals surface area contributed by atoms with Gasteiger partial charge < -0.3 is 14.2 Å². The first-order chi connectivity index (χ1) is 35.5. The first kappa shape index (κ1) is 67.5. The van der Waals surface area contributed by atoms with Crippen molar-refractivity contribution >= 4 is 17.9 Å². The van der Waals surface area contributed by atoms with Crippen LogP contribution in [0.2, 0.25) is 0 Å². The molecule has 0 aliphatic rings. The van der Waals surface area contributed by atoms with E-state index in [1.807, 2.05) is 0 Å². The third-order valence-electron chi connectivity index (χ3n) is 11.9. The number of hydrogen-bond acceptors (Lipinski definition) is 6. The Morgan fingerprint density at radius 1 is 0.306 bits per heavy atom. The molecule has 0 aromatic rings. The highest BCUT2D eigenvalue weighted by Crippen LogP contribution is 2.14. The quantitative estimate of drug-likeness (QED) is 0.0199. The van der Waals surface area contributed by atoms with Gasteiger partial charge in [0.1, 0.15) is 13.2 Å². The number of carbonyl (C=O) groups excluding carboxylic acids is 3. The van der Waals surface area contributed by atoms with Crippen LogP contribution < -0.4 is 0 Å². The highest BCUT2D eigenvalue weighted by Gasteiger charge is 2.19. The summed E-state index contributed by atoms with van der Waals surface area (Å²) in [4.78, 5) is 38.2. The van der Waals surface area contributed by atoms with Crippen LogP contribution in [0, 0.1) is 0 Å². The van der Waals surface area contributed by atoms with Crippen molar-refractivity contribution in [2.75, 3.05) is 13.2 Å². The average molecular weight is 996 g/mol. The number of ether oxygens (including phenoxy) is 3. The molecule has 0 radical (unpaired) electrons. The molecule has 0 aliphatic carbocycles. The molecule has 0 bridgehead atoms. The van der Waals surface area contributed by atoms with E-state index in [0.717, 1.165) is 128 Å². The Morgan fingerprint density at radius 3 is 0.944 bits per heavy atom. The molecule has 72 heavy (non-hydrogen) atoms. The average Bonchev–Trinajstić information content (AvgIpc) is 3.38. The molecule has 0 N–H and O–H groups in total. The molecular formula is C66H106O6. The number of carbonyl (C=O) groups is 3. The molecular weight excluding hydrogens is 889 g/mol. The molecule has 0 saturated carbocycles. The molecule has 0 rings (SSSR count). The monoisotopic (exact) mass is 995 g/mol. The highest BCUT2D eigenvalue weighted by atomic mass is 16.6. The van der Waals surface area contributed by atoms with Crippen LogP contribution >= 0.6 is 0 Å².